The Morgan fingerprint density at radius 2 is 2.19 bits per heavy atom. The number of rotatable bonds is 5. The summed E-state index contributed by atoms with van der Waals surface area (Å²) < 4.78 is 0. The minimum Gasteiger partial charge on any atom is -0.349 e. The van der Waals surface area contributed by atoms with Crippen LogP contribution in [0.5, 0.6) is 0 Å². The molecule has 0 atom stereocenters. The molecule has 0 fully saturated rings. The molecule has 0 saturated carbocycles. The SMILES string of the molecule is CCC(N)(CC)C(=O)NCc1csc(C)n1. The van der Waals surface area contributed by atoms with Gasteiger partial charge in [0.25, 0.3) is 0 Å². The Kier molecular flexibility index (Phi) is 4.44. The number of aromatic nitrogens is 1. The molecule has 1 rings (SSSR count). The van der Waals surface area contributed by atoms with E-state index in [4.69, 9.17) is 5.73 Å². The zero-order valence-corrected chi connectivity index (χ0v) is 10.9. The van der Waals surface area contributed by atoms with Crippen LogP contribution in [0.2, 0.25) is 0 Å². The van der Waals surface area contributed by atoms with E-state index in [-0.39, 0.29) is 5.91 Å². The van der Waals surface area contributed by atoms with Crippen LogP contribution in [0.3, 0.4) is 0 Å². The van der Waals surface area contributed by atoms with Gasteiger partial charge in [0.15, 0.2) is 0 Å². The van der Waals surface area contributed by atoms with Crippen LogP contribution >= 0.6 is 11.3 Å². The summed E-state index contributed by atoms with van der Waals surface area (Å²) in [6.45, 7) is 6.26. The first-order valence-corrected chi connectivity index (χ1v) is 6.38. The number of nitrogens with two attached hydrogens (primary N) is 1. The molecule has 1 aromatic rings. The molecule has 0 aromatic carbocycles. The summed E-state index contributed by atoms with van der Waals surface area (Å²) in [4.78, 5) is 16.1. The lowest BCUT2D eigenvalue weighted by atomic mass is 9.93. The predicted octanol–water partition coefficient (Wildman–Crippen LogP) is 1.59. The van der Waals surface area contributed by atoms with E-state index in [0.717, 1.165) is 10.7 Å². The van der Waals surface area contributed by atoms with Gasteiger partial charge in [0.1, 0.15) is 0 Å². The third-order valence-electron chi connectivity index (χ3n) is 2.81. The number of nitrogens with one attached hydrogen (secondary N) is 1. The fourth-order valence-electron chi connectivity index (χ4n) is 1.41. The Morgan fingerprint density at radius 3 is 2.62 bits per heavy atom. The van der Waals surface area contributed by atoms with Crippen molar-refractivity contribution in [1.82, 2.24) is 10.3 Å². The number of thiazole rings is 1. The van der Waals surface area contributed by atoms with Crippen molar-refractivity contribution in [3.05, 3.63) is 16.1 Å². The fraction of sp³-hybridized carbons (Fsp3) is 0.636. The molecule has 3 N–H and O–H groups in total. The summed E-state index contributed by atoms with van der Waals surface area (Å²) in [5.74, 6) is -0.0943. The number of carbonyl (C=O) groups excluding carboxylic acids is 1. The van der Waals surface area contributed by atoms with Gasteiger partial charge in [-0.1, -0.05) is 13.8 Å². The number of carbonyl (C=O) groups is 1. The van der Waals surface area contributed by atoms with Crippen molar-refractivity contribution in [2.24, 2.45) is 5.73 Å². The van der Waals surface area contributed by atoms with Crippen molar-refractivity contribution < 1.29 is 4.79 Å². The Balaban J connectivity index is 2.52. The standard InChI is InChI=1S/C11H19N3OS/c1-4-11(12,5-2)10(15)13-6-9-7-16-8(3)14-9/h7H,4-6,12H2,1-3H3,(H,13,15). The summed E-state index contributed by atoms with van der Waals surface area (Å²) in [6.07, 6.45) is 1.29. The van der Waals surface area contributed by atoms with Crippen molar-refractivity contribution >= 4 is 17.2 Å². The highest BCUT2D eigenvalue weighted by Crippen LogP contribution is 2.12. The highest BCUT2D eigenvalue weighted by atomic mass is 32.1. The first-order valence-electron chi connectivity index (χ1n) is 5.50. The fourth-order valence-corrected chi connectivity index (χ4v) is 2.02. The van der Waals surface area contributed by atoms with Crippen molar-refractivity contribution in [2.45, 2.75) is 45.7 Å². The van der Waals surface area contributed by atoms with Crippen LogP contribution in [-0.2, 0) is 11.3 Å². The van der Waals surface area contributed by atoms with Crippen LogP contribution < -0.4 is 11.1 Å². The zero-order chi connectivity index (χ0) is 12.2. The Bertz CT molecular complexity index is 358. The van der Waals surface area contributed by atoms with Gasteiger partial charge in [0.05, 0.1) is 22.8 Å². The van der Waals surface area contributed by atoms with Gasteiger partial charge in [0, 0.05) is 5.38 Å². The van der Waals surface area contributed by atoms with Gasteiger partial charge < -0.3 is 11.1 Å². The normalized spacial score (nSPS) is 11.5. The molecule has 5 heteroatoms. The largest absolute Gasteiger partial charge is 0.349 e. The molecular weight excluding hydrogens is 222 g/mol. The van der Waals surface area contributed by atoms with Gasteiger partial charge in [-0.15, -0.1) is 11.3 Å². The van der Waals surface area contributed by atoms with Gasteiger partial charge in [-0.3, -0.25) is 4.79 Å². The number of aryl methyl sites for hydroxylation is 1. The third-order valence-corrected chi connectivity index (χ3v) is 3.63. The number of amides is 1. The van der Waals surface area contributed by atoms with Gasteiger partial charge >= 0.3 is 0 Å². The molecule has 0 bridgehead atoms. The molecule has 0 spiro atoms. The summed E-state index contributed by atoms with van der Waals surface area (Å²) in [6, 6.07) is 0. The van der Waals surface area contributed by atoms with Crippen molar-refractivity contribution in [3.63, 3.8) is 0 Å². The maximum Gasteiger partial charge on any atom is 0.240 e. The topological polar surface area (TPSA) is 68.0 Å². The first-order chi connectivity index (χ1) is 7.51. The molecule has 4 nitrogen and oxygen atoms in total. The van der Waals surface area contributed by atoms with Crippen molar-refractivity contribution in [3.8, 4) is 0 Å². The Labute approximate surface area is 100 Å². The van der Waals surface area contributed by atoms with E-state index >= 15 is 0 Å². The van der Waals surface area contributed by atoms with Gasteiger partial charge in [0.2, 0.25) is 5.91 Å². The molecule has 0 aliphatic rings. The summed E-state index contributed by atoms with van der Waals surface area (Å²) >= 11 is 1.58. The molecule has 0 radical (unpaired) electrons. The maximum absolute atomic E-state index is 11.8. The lowest BCUT2D eigenvalue weighted by molar-refractivity contribution is -0.126. The molecule has 0 saturated heterocycles. The lowest BCUT2D eigenvalue weighted by Gasteiger charge is -2.24. The summed E-state index contributed by atoms with van der Waals surface area (Å²) in [7, 11) is 0. The van der Waals surface area contributed by atoms with E-state index in [0.29, 0.717) is 19.4 Å². The third kappa shape index (κ3) is 3.02. The molecule has 0 unspecified atom stereocenters. The average Bonchev–Trinajstić information content (AvgIpc) is 2.70. The van der Waals surface area contributed by atoms with Crippen molar-refractivity contribution in [1.29, 1.82) is 0 Å². The van der Waals surface area contributed by atoms with E-state index < -0.39 is 5.54 Å². The second-order valence-electron chi connectivity index (χ2n) is 3.90. The minimum absolute atomic E-state index is 0.0943. The van der Waals surface area contributed by atoms with Crippen LogP contribution in [0.25, 0.3) is 0 Å². The number of hydrogen-bond donors (Lipinski definition) is 2. The van der Waals surface area contributed by atoms with Crippen molar-refractivity contribution in [2.75, 3.05) is 0 Å². The van der Waals surface area contributed by atoms with Gasteiger partial charge in [-0.05, 0) is 19.8 Å². The van der Waals surface area contributed by atoms with Gasteiger partial charge in [-0.2, -0.15) is 0 Å². The predicted molar refractivity (Wildman–Crippen MR) is 66.2 cm³/mol. The first kappa shape index (κ1) is 13.1. The highest BCUT2D eigenvalue weighted by Gasteiger charge is 2.29. The second-order valence-corrected chi connectivity index (χ2v) is 4.97. The zero-order valence-electron chi connectivity index (χ0n) is 10.0. The van der Waals surface area contributed by atoms with Crippen LogP contribution in [0.4, 0.5) is 0 Å². The summed E-state index contributed by atoms with van der Waals surface area (Å²) in [5.41, 5.74) is 6.13. The molecule has 1 aromatic heterocycles. The maximum atomic E-state index is 11.8. The van der Waals surface area contributed by atoms with E-state index in [1.165, 1.54) is 0 Å². The van der Waals surface area contributed by atoms with Gasteiger partial charge in [-0.25, -0.2) is 4.98 Å². The van der Waals surface area contributed by atoms with E-state index in [1.54, 1.807) is 11.3 Å². The quantitative estimate of drug-likeness (QED) is 0.822. The monoisotopic (exact) mass is 241 g/mol. The number of hydrogen-bond acceptors (Lipinski definition) is 4. The Morgan fingerprint density at radius 1 is 1.56 bits per heavy atom. The molecule has 16 heavy (non-hydrogen) atoms. The smallest absolute Gasteiger partial charge is 0.240 e. The molecule has 1 heterocycles. The Hall–Kier alpha value is -0.940. The molecular formula is C11H19N3OS. The van der Waals surface area contributed by atoms with Crippen LogP contribution in [0, 0.1) is 6.92 Å². The van der Waals surface area contributed by atoms with Crippen LogP contribution in [0.15, 0.2) is 5.38 Å². The molecule has 90 valence electrons. The van der Waals surface area contributed by atoms with Crippen LogP contribution in [0.1, 0.15) is 37.4 Å². The second kappa shape index (κ2) is 5.41. The molecule has 0 aliphatic heterocycles. The van der Waals surface area contributed by atoms with Crippen LogP contribution in [-0.4, -0.2) is 16.4 Å². The molecule has 1 amide bonds. The molecule has 0 aliphatic carbocycles. The van der Waals surface area contributed by atoms with E-state index in [9.17, 15) is 4.79 Å². The number of nitrogens with zero attached hydrogens (tertiary/aromatic N) is 1. The highest BCUT2D eigenvalue weighted by molar-refractivity contribution is 7.09. The lowest BCUT2D eigenvalue weighted by Crippen LogP contribution is -2.52. The van der Waals surface area contributed by atoms with E-state index in [1.807, 2.05) is 26.2 Å². The van der Waals surface area contributed by atoms with E-state index in [2.05, 4.69) is 10.3 Å². The average molecular weight is 241 g/mol. The summed E-state index contributed by atoms with van der Waals surface area (Å²) in [5, 5.41) is 5.79. The minimum atomic E-state index is -0.745.